The van der Waals surface area contributed by atoms with Crippen LogP contribution < -0.4 is 10.4 Å². The summed E-state index contributed by atoms with van der Waals surface area (Å²) in [7, 11) is 2.21. The van der Waals surface area contributed by atoms with Crippen LogP contribution in [0.5, 0.6) is 0 Å². The molecule has 2 atom stereocenters. The maximum absolute atomic E-state index is 13.4. The quantitative estimate of drug-likeness (QED) is 0.388. The largest absolute Gasteiger partial charge is 0.542 e. The van der Waals surface area contributed by atoms with Crippen LogP contribution in [0.1, 0.15) is 24.4 Å². The molecular formula is C24H25F5N2O4. The van der Waals surface area contributed by atoms with Crippen molar-refractivity contribution in [2.45, 2.75) is 31.2 Å². The van der Waals surface area contributed by atoms with Gasteiger partial charge in [0.1, 0.15) is 24.1 Å². The molecule has 0 saturated carbocycles. The Balaban J connectivity index is 0.000000429. The Kier molecular flexibility index (Phi) is 7.99. The number of anilines is 1. The van der Waals surface area contributed by atoms with E-state index in [0.29, 0.717) is 17.2 Å². The zero-order valence-corrected chi connectivity index (χ0v) is 18.9. The molecule has 5 rings (SSSR count). The van der Waals surface area contributed by atoms with Gasteiger partial charge in [-0.3, -0.25) is 0 Å². The van der Waals surface area contributed by atoms with E-state index < -0.39 is 18.2 Å². The number of ether oxygens (including phenoxy) is 1. The van der Waals surface area contributed by atoms with Gasteiger partial charge in [-0.25, -0.2) is 13.6 Å². The number of carbonyl (C=O) groups excluding carboxylic acids is 2. The molecule has 190 valence electrons. The van der Waals surface area contributed by atoms with Gasteiger partial charge in [0, 0.05) is 24.4 Å². The minimum absolute atomic E-state index is 0.0991. The van der Waals surface area contributed by atoms with E-state index in [4.69, 9.17) is 14.6 Å². The first-order valence-corrected chi connectivity index (χ1v) is 11.0. The lowest BCUT2D eigenvalue weighted by Gasteiger charge is -2.49. The summed E-state index contributed by atoms with van der Waals surface area (Å²) < 4.78 is 65.0. The fraction of sp³-hybridized carbons (Fsp3) is 0.417. The van der Waals surface area contributed by atoms with Crippen LogP contribution in [-0.4, -0.2) is 55.4 Å². The number of carboxylic acid groups (broad SMARTS) is 1. The number of fused-ring (bicyclic) bond motifs is 3. The summed E-state index contributed by atoms with van der Waals surface area (Å²) in [5, 5.41) is 11.9. The van der Waals surface area contributed by atoms with Crippen LogP contribution in [0.3, 0.4) is 0 Å². The molecule has 1 unspecified atom stereocenters. The zero-order valence-electron chi connectivity index (χ0n) is 18.9. The molecule has 3 saturated heterocycles. The van der Waals surface area contributed by atoms with E-state index in [2.05, 4.69) is 12.4 Å². The molecular weight excluding hydrogens is 475 g/mol. The van der Waals surface area contributed by atoms with Gasteiger partial charge in [-0.1, -0.05) is 12.1 Å². The average Bonchev–Trinajstić information content (AvgIpc) is 2.79. The number of nitrogens with zero attached hydrogens (tertiary/aromatic N) is 1. The smallest absolute Gasteiger partial charge is 0.430 e. The van der Waals surface area contributed by atoms with Crippen LogP contribution >= 0.6 is 0 Å². The maximum atomic E-state index is 13.4. The van der Waals surface area contributed by atoms with Gasteiger partial charge in [0.15, 0.2) is 12.1 Å². The summed E-state index contributed by atoms with van der Waals surface area (Å²) in [5.41, 5.74) is 1.21. The molecule has 0 amide bonds. The highest BCUT2D eigenvalue weighted by Gasteiger charge is 2.45. The summed E-state index contributed by atoms with van der Waals surface area (Å²) in [6.45, 7) is 3.10. The number of carboxylic acids is 1. The van der Waals surface area contributed by atoms with E-state index in [-0.39, 0.29) is 23.7 Å². The molecule has 3 fully saturated rings. The first kappa shape index (κ1) is 26.4. The highest BCUT2D eigenvalue weighted by Crippen LogP contribution is 2.35. The monoisotopic (exact) mass is 500 g/mol. The SMILES string of the molecule is C[N+]12CCC(CC1)[C@@H](OC(=O)C(Nc1ccc(F)cc1)c1ccc(F)cc1)C2.O=C([O-])C(F)(F)F. The third kappa shape index (κ3) is 7.14. The molecule has 1 N–H and O–H groups in total. The summed E-state index contributed by atoms with van der Waals surface area (Å²) in [4.78, 5) is 21.9. The lowest BCUT2D eigenvalue weighted by molar-refractivity contribution is -0.928. The van der Waals surface area contributed by atoms with E-state index >= 15 is 0 Å². The minimum Gasteiger partial charge on any atom is -0.542 e. The Morgan fingerprint density at radius 1 is 1.00 bits per heavy atom. The first-order chi connectivity index (χ1) is 16.4. The molecule has 3 heterocycles. The van der Waals surface area contributed by atoms with Crippen molar-refractivity contribution in [3.8, 4) is 0 Å². The highest BCUT2D eigenvalue weighted by molar-refractivity contribution is 5.81. The molecule has 3 aliphatic heterocycles. The summed E-state index contributed by atoms with van der Waals surface area (Å²) in [6.07, 6.45) is -3.15. The number of esters is 1. The van der Waals surface area contributed by atoms with Crippen LogP contribution in [0.4, 0.5) is 27.6 Å². The van der Waals surface area contributed by atoms with Gasteiger partial charge in [-0.2, -0.15) is 13.2 Å². The summed E-state index contributed by atoms with van der Waals surface area (Å²) >= 11 is 0. The molecule has 0 aliphatic carbocycles. The Morgan fingerprint density at radius 3 is 1.94 bits per heavy atom. The minimum atomic E-state index is -5.19. The Hall–Kier alpha value is -3.21. The summed E-state index contributed by atoms with van der Waals surface area (Å²) in [6, 6.07) is 10.8. The number of halogens is 5. The van der Waals surface area contributed by atoms with Crippen molar-refractivity contribution in [1.82, 2.24) is 0 Å². The first-order valence-electron chi connectivity index (χ1n) is 11.0. The fourth-order valence-corrected chi connectivity index (χ4v) is 4.35. The van der Waals surface area contributed by atoms with Crippen LogP contribution in [0.25, 0.3) is 0 Å². The van der Waals surface area contributed by atoms with E-state index in [9.17, 15) is 26.7 Å². The molecule has 3 aliphatic rings. The molecule has 2 bridgehead atoms. The lowest BCUT2D eigenvalue weighted by Crippen LogP contribution is -2.62. The number of aliphatic carboxylic acids is 1. The highest BCUT2D eigenvalue weighted by atomic mass is 19.4. The van der Waals surface area contributed by atoms with Gasteiger partial charge in [0.25, 0.3) is 0 Å². The van der Waals surface area contributed by atoms with Crippen molar-refractivity contribution in [2.24, 2.45) is 5.92 Å². The van der Waals surface area contributed by atoms with Crippen molar-refractivity contribution in [3.05, 3.63) is 65.7 Å². The zero-order chi connectivity index (χ0) is 25.8. The van der Waals surface area contributed by atoms with Gasteiger partial charge in [0.05, 0.1) is 20.1 Å². The molecule has 0 aromatic heterocycles. The normalized spacial score (nSPS) is 24.1. The standard InChI is InChI=1S/C22H25F2N2O2.C2HF3O2/c1-26-12-10-15(11-13-26)20(14-26)28-22(27)21(16-2-4-17(23)5-3-16)25-19-8-6-18(24)7-9-19;3-2(4,5)1(6)7/h2-9,15,20-21,25H,10-14H2,1H3;(H,6,7)/q+1;/p-1/t15?,20-,21?,26?;/m0./s1. The van der Waals surface area contributed by atoms with E-state index in [0.717, 1.165) is 37.0 Å². The fourth-order valence-electron chi connectivity index (χ4n) is 4.35. The van der Waals surface area contributed by atoms with E-state index in [1.54, 1.807) is 24.3 Å². The second kappa shape index (κ2) is 10.6. The van der Waals surface area contributed by atoms with Crippen molar-refractivity contribution < 1.29 is 45.9 Å². The van der Waals surface area contributed by atoms with Gasteiger partial charge in [-0.05, 0) is 42.0 Å². The third-order valence-electron chi connectivity index (χ3n) is 6.32. The average molecular weight is 500 g/mol. The molecule has 35 heavy (non-hydrogen) atoms. The Morgan fingerprint density at radius 2 is 1.49 bits per heavy atom. The van der Waals surface area contributed by atoms with Gasteiger partial charge < -0.3 is 24.4 Å². The maximum Gasteiger partial charge on any atom is 0.430 e. The van der Waals surface area contributed by atoms with Gasteiger partial charge >= 0.3 is 12.1 Å². The van der Waals surface area contributed by atoms with Crippen molar-refractivity contribution in [2.75, 3.05) is 32.0 Å². The number of nitrogens with one attached hydrogen (secondary N) is 1. The Labute approximate surface area is 198 Å². The second-order valence-corrected chi connectivity index (χ2v) is 8.98. The lowest BCUT2D eigenvalue weighted by atomic mass is 9.84. The number of piperidine rings is 3. The predicted octanol–water partition coefficient (Wildman–Crippen LogP) is 3.20. The second-order valence-electron chi connectivity index (χ2n) is 8.98. The van der Waals surface area contributed by atoms with Crippen LogP contribution in [-0.2, 0) is 14.3 Å². The third-order valence-corrected chi connectivity index (χ3v) is 6.32. The molecule has 2 aromatic carbocycles. The van der Waals surface area contributed by atoms with Crippen molar-refractivity contribution >= 4 is 17.6 Å². The predicted molar refractivity (Wildman–Crippen MR) is 114 cm³/mol. The Bertz CT molecular complexity index is 1020. The number of carbonyl (C=O) groups is 2. The number of alkyl halides is 3. The van der Waals surface area contributed by atoms with Crippen molar-refractivity contribution in [3.63, 3.8) is 0 Å². The van der Waals surface area contributed by atoms with Gasteiger partial charge in [0.2, 0.25) is 0 Å². The number of likely N-dealkylation sites (N-methyl/N-ethyl adjacent to an activating group) is 1. The molecule has 2 aromatic rings. The van der Waals surface area contributed by atoms with Gasteiger partial charge in [-0.15, -0.1) is 0 Å². The van der Waals surface area contributed by atoms with E-state index in [1.807, 2.05) is 0 Å². The summed E-state index contributed by atoms with van der Waals surface area (Å²) in [5.74, 6) is -3.71. The van der Waals surface area contributed by atoms with Crippen LogP contribution in [0.2, 0.25) is 0 Å². The van der Waals surface area contributed by atoms with Crippen LogP contribution in [0, 0.1) is 17.6 Å². The van der Waals surface area contributed by atoms with Crippen molar-refractivity contribution in [1.29, 1.82) is 0 Å². The van der Waals surface area contributed by atoms with Crippen LogP contribution in [0.15, 0.2) is 48.5 Å². The number of hydrogen-bond donors (Lipinski definition) is 1. The molecule has 0 spiro atoms. The topological polar surface area (TPSA) is 78.5 Å². The van der Waals surface area contributed by atoms with E-state index in [1.165, 1.54) is 24.3 Å². The molecule has 11 heteroatoms. The number of benzene rings is 2. The number of quaternary nitrogens is 1. The molecule has 0 radical (unpaired) electrons. The number of rotatable bonds is 5. The number of hydrogen-bond acceptors (Lipinski definition) is 5. The molecule has 6 nitrogen and oxygen atoms in total.